The minimum absolute atomic E-state index is 0.0790. The number of nitrogens with zero attached hydrogens (tertiary/aromatic N) is 3. The maximum Gasteiger partial charge on any atom is 0.408 e. The van der Waals surface area contributed by atoms with E-state index in [0.717, 1.165) is 49.3 Å². The fourth-order valence-corrected chi connectivity index (χ4v) is 5.68. The predicted molar refractivity (Wildman–Crippen MR) is 137 cm³/mol. The summed E-state index contributed by atoms with van der Waals surface area (Å²) in [6.07, 6.45) is 4.65. The molecule has 1 aromatic carbocycles. The number of nitrogens with one attached hydrogen (secondary N) is 1. The molecule has 186 valence electrons. The molecule has 1 fully saturated rings. The van der Waals surface area contributed by atoms with E-state index < -0.39 is 5.60 Å². The van der Waals surface area contributed by atoms with Gasteiger partial charge in [-0.15, -0.1) is 0 Å². The molecule has 1 unspecified atom stereocenters. The molecule has 2 aliphatic rings. The van der Waals surface area contributed by atoms with Crippen LogP contribution in [0.15, 0.2) is 30.5 Å². The van der Waals surface area contributed by atoms with E-state index in [1.165, 1.54) is 5.69 Å². The van der Waals surface area contributed by atoms with Gasteiger partial charge >= 0.3 is 6.09 Å². The molecule has 5 rings (SSSR count). The van der Waals surface area contributed by atoms with E-state index in [1.54, 1.807) is 12.1 Å². The van der Waals surface area contributed by atoms with E-state index in [2.05, 4.69) is 14.6 Å². The summed E-state index contributed by atoms with van der Waals surface area (Å²) < 4.78 is 7.56. The Balaban J connectivity index is 1.39. The number of phenolic OH excluding ortho intramolecular Hbond substituents is 1. The van der Waals surface area contributed by atoms with Crippen molar-refractivity contribution >= 4 is 34.9 Å². The third-order valence-corrected chi connectivity index (χ3v) is 7.48. The van der Waals surface area contributed by atoms with Gasteiger partial charge in [0.15, 0.2) is 0 Å². The Hall–Kier alpha value is -2.48. The van der Waals surface area contributed by atoms with Gasteiger partial charge in [0.2, 0.25) is 0 Å². The van der Waals surface area contributed by atoms with Crippen LogP contribution in [0.1, 0.15) is 58.0 Å². The summed E-state index contributed by atoms with van der Waals surface area (Å²) in [6, 6.07) is 7.20. The van der Waals surface area contributed by atoms with E-state index in [1.807, 2.05) is 46.0 Å². The Labute approximate surface area is 215 Å². The van der Waals surface area contributed by atoms with Crippen LogP contribution in [-0.2, 0) is 11.2 Å². The molecule has 9 heteroatoms. The largest absolute Gasteiger partial charge is 0.507 e. The number of ether oxygens (including phenoxy) is 1. The van der Waals surface area contributed by atoms with Crippen LogP contribution in [0.3, 0.4) is 0 Å². The number of imidazole rings is 1. The number of fused-ring (bicyclic) bond motifs is 3. The van der Waals surface area contributed by atoms with Crippen molar-refractivity contribution < 1.29 is 14.6 Å². The first-order valence-corrected chi connectivity index (χ1v) is 12.6. The number of aromatic hydroxyl groups is 1. The molecule has 0 radical (unpaired) electrons. The molecule has 1 amide bonds. The number of likely N-dealkylation sites (tertiary alicyclic amines) is 1. The van der Waals surface area contributed by atoms with Gasteiger partial charge < -0.3 is 19.6 Å². The van der Waals surface area contributed by atoms with Crippen LogP contribution < -0.4 is 5.32 Å². The molecule has 0 bridgehead atoms. The summed E-state index contributed by atoms with van der Waals surface area (Å²) in [4.78, 5) is 19.7. The van der Waals surface area contributed by atoms with Crippen LogP contribution in [0.25, 0.3) is 16.8 Å². The van der Waals surface area contributed by atoms with E-state index in [9.17, 15) is 9.90 Å². The van der Waals surface area contributed by atoms with Gasteiger partial charge in [0.05, 0.1) is 27.3 Å². The van der Waals surface area contributed by atoms with E-state index in [-0.39, 0.29) is 23.4 Å². The molecule has 3 aromatic rings. The summed E-state index contributed by atoms with van der Waals surface area (Å²) in [5.41, 5.74) is 3.51. The lowest BCUT2D eigenvalue weighted by atomic mass is 9.86. The third-order valence-electron chi connectivity index (χ3n) is 6.67. The second-order valence-corrected chi connectivity index (χ2v) is 11.6. The number of rotatable bonds is 3. The number of carbonyl (C=O) groups excluding carboxylic acids is 1. The highest BCUT2D eigenvalue weighted by Gasteiger charge is 2.45. The molecule has 35 heavy (non-hydrogen) atoms. The minimum atomic E-state index is -0.524. The lowest BCUT2D eigenvalue weighted by Crippen LogP contribution is -2.69. The number of amides is 1. The molecule has 7 nitrogen and oxygen atoms in total. The van der Waals surface area contributed by atoms with Crippen molar-refractivity contribution in [3.05, 3.63) is 51.9 Å². The smallest absolute Gasteiger partial charge is 0.408 e. The molecule has 2 N–H and O–H groups in total. The molecule has 2 aromatic heterocycles. The number of alkyl carbamates (subject to hydrolysis) is 1. The van der Waals surface area contributed by atoms with Crippen molar-refractivity contribution in [3.63, 3.8) is 0 Å². The number of carbonyl (C=O) groups is 1. The zero-order chi connectivity index (χ0) is 25.1. The zero-order valence-corrected chi connectivity index (χ0v) is 21.9. The summed E-state index contributed by atoms with van der Waals surface area (Å²) in [5.74, 6) is 0.0790. The van der Waals surface area contributed by atoms with Gasteiger partial charge in [-0.1, -0.05) is 23.2 Å². The maximum absolute atomic E-state index is 12.3. The molecule has 1 aliphatic carbocycles. The molecule has 0 spiro atoms. The van der Waals surface area contributed by atoms with Gasteiger partial charge in [0, 0.05) is 30.5 Å². The van der Waals surface area contributed by atoms with E-state index >= 15 is 0 Å². The van der Waals surface area contributed by atoms with E-state index in [4.69, 9.17) is 32.9 Å². The standard InChI is InChI=1S/C26H30Cl2N4O3/c1-25(2,3)35-24(34)30-26(4)13-31(14-26)17-6-5-7-18-23(17)29-20-12-15(10-11-32(18)20)21-19(33)9-8-16(27)22(21)28/h8-12,17,33H,5-7,13-14H2,1-4H3,(H,30,34). The Morgan fingerprint density at radius 1 is 1.26 bits per heavy atom. The Morgan fingerprint density at radius 2 is 2.00 bits per heavy atom. The number of hydrogen-bond acceptors (Lipinski definition) is 5. The monoisotopic (exact) mass is 516 g/mol. The molecule has 0 saturated carbocycles. The second kappa shape index (κ2) is 8.57. The first kappa shape index (κ1) is 24.2. The zero-order valence-electron chi connectivity index (χ0n) is 20.4. The van der Waals surface area contributed by atoms with Crippen molar-refractivity contribution in [3.8, 4) is 16.9 Å². The minimum Gasteiger partial charge on any atom is -0.507 e. The summed E-state index contributed by atoms with van der Waals surface area (Å²) >= 11 is 12.6. The number of pyridine rings is 1. The van der Waals surface area contributed by atoms with Gasteiger partial charge in [-0.2, -0.15) is 0 Å². The average molecular weight is 517 g/mol. The van der Waals surface area contributed by atoms with Gasteiger partial charge in [0.25, 0.3) is 0 Å². The third kappa shape index (κ3) is 4.57. The Bertz CT molecular complexity index is 1310. The number of aryl methyl sites for hydroxylation is 1. The van der Waals surface area contributed by atoms with Crippen molar-refractivity contribution in [2.45, 2.75) is 64.1 Å². The predicted octanol–water partition coefficient (Wildman–Crippen LogP) is 5.99. The second-order valence-electron chi connectivity index (χ2n) is 10.8. The molecular formula is C26H30Cl2N4O3. The highest BCUT2D eigenvalue weighted by atomic mass is 35.5. The van der Waals surface area contributed by atoms with Gasteiger partial charge in [0.1, 0.15) is 17.0 Å². The molecular weight excluding hydrogens is 487 g/mol. The maximum atomic E-state index is 12.3. The Morgan fingerprint density at radius 3 is 2.71 bits per heavy atom. The van der Waals surface area contributed by atoms with Crippen LogP contribution in [0.5, 0.6) is 5.75 Å². The number of aromatic nitrogens is 2. The highest BCUT2D eigenvalue weighted by Crippen LogP contribution is 2.42. The normalized spacial score (nSPS) is 19.8. The number of halogens is 2. The van der Waals surface area contributed by atoms with Gasteiger partial charge in [-0.3, -0.25) is 4.90 Å². The van der Waals surface area contributed by atoms with Crippen LogP contribution in [0.4, 0.5) is 4.79 Å². The highest BCUT2D eigenvalue weighted by molar-refractivity contribution is 6.44. The SMILES string of the molecule is CC1(NC(=O)OC(C)(C)C)CN(C2CCCc3c2nc2cc(-c4c(O)ccc(Cl)c4Cl)ccn32)C1. The van der Waals surface area contributed by atoms with Crippen molar-refractivity contribution in [1.82, 2.24) is 19.6 Å². The Kier molecular flexibility index (Phi) is 5.93. The van der Waals surface area contributed by atoms with Crippen LogP contribution in [-0.4, -0.2) is 49.7 Å². The topological polar surface area (TPSA) is 79.1 Å². The summed E-state index contributed by atoms with van der Waals surface area (Å²) in [6.45, 7) is 9.11. The van der Waals surface area contributed by atoms with Crippen molar-refractivity contribution in [2.24, 2.45) is 0 Å². The van der Waals surface area contributed by atoms with E-state index in [0.29, 0.717) is 15.6 Å². The van der Waals surface area contributed by atoms with Crippen LogP contribution >= 0.6 is 23.2 Å². The summed E-state index contributed by atoms with van der Waals surface area (Å²) in [5, 5.41) is 14.2. The number of phenols is 1. The first-order valence-electron chi connectivity index (χ1n) is 11.9. The summed E-state index contributed by atoms with van der Waals surface area (Å²) in [7, 11) is 0. The average Bonchev–Trinajstić information content (AvgIpc) is 3.11. The molecule has 1 aliphatic heterocycles. The van der Waals surface area contributed by atoms with Crippen molar-refractivity contribution in [2.75, 3.05) is 13.1 Å². The van der Waals surface area contributed by atoms with Gasteiger partial charge in [-0.05, 0) is 76.8 Å². The number of hydrogen-bond donors (Lipinski definition) is 2. The first-order chi connectivity index (χ1) is 16.4. The molecule has 3 heterocycles. The lowest BCUT2D eigenvalue weighted by molar-refractivity contribution is -0.00624. The van der Waals surface area contributed by atoms with Crippen LogP contribution in [0.2, 0.25) is 10.0 Å². The fraction of sp³-hybridized carbons (Fsp3) is 0.462. The fourth-order valence-electron chi connectivity index (χ4n) is 5.25. The number of benzene rings is 1. The quantitative estimate of drug-likeness (QED) is 0.446. The molecule has 1 saturated heterocycles. The lowest BCUT2D eigenvalue weighted by Gasteiger charge is -2.52. The van der Waals surface area contributed by atoms with Crippen LogP contribution in [0, 0.1) is 0 Å². The molecule has 1 atom stereocenters. The van der Waals surface area contributed by atoms with Gasteiger partial charge in [-0.25, -0.2) is 9.78 Å². The van der Waals surface area contributed by atoms with Crippen molar-refractivity contribution in [1.29, 1.82) is 0 Å².